The van der Waals surface area contributed by atoms with Gasteiger partial charge in [0.25, 0.3) is 0 Å². The van der Waals surface area contributed by atoms with Crippen LogP contribution in [0.2, 0.25) is 0 Å². The summed E-state index contributed by atoms with van der Waals surface area (Å²) in [5, 5.41) is 12.9. The average molecular weight is 196 g/mol. The Morgan fingerprint density at radius 3 is 2.93 bits per heavy atom. The molecule has 0 aliphatic carbocycles. The van der Waals surface area contributed by atoms with Gasteiger partial charge in [-0.2, -0.15) is 5.10 Å². The van der Waals surface area contributed by atoms with Crippen molar-refractivity contribution in [3.05, 3.63) is 17.5 Å². The minimum absolute atomic E-state index is 0.179. The Morgan fingerprint density at radius 1 is 1.64 bits per heavy atom. The first kappa shape index (κ1) is 10.8. The second-order valence-electron chi connectivity index (χ2n) is 3.40. The van der Waals surface area contributed by atoms with Crippen LogP contribution >= 0.6 is 0 Å². The summed E-state index contributed by atoms with van der Waals surface area (Å²) in [5.41, 5.74) is 1.99. The van der Waals surface area contributed by atoms with Gasteiger partial charge in [0.15, 0.2) is 0 Å². The van der Waals surface area contributed by atoms with Crippen LogP contribution < -0.4 is 0 Å². The van der Waals surface area contributed by atoms with E-state index in [2.05, 4.69) is 12.0 Å². The van der Waals surface area contributed by atoms with Crippen molar-refractivity contribution in [1.82, 2.24) is 9.78 Å². The number of aryl methyl sites for hydroxylation is 3. The lowest BCUT2D eigenvalue weighted by Crippen LogP contribution is -1.97. The number of aromatic nitrogens is 2. The molecule has 0 bridgehead atoms. The zero-order valence-corrected chi connectivity index (χ0v) is 8.66. The summed E-state index contributed by atoms with van der Waals surface area (Å²) in [5.74, 6) is -0.757. The molecule has 1 N–H and O–H groups in total. The zero-order chi connectivity index (χ0) is 10.6. The van der Waals surface area contributed by atoms with Gasteiger partial charge in [0.05, 0.1) is 5.69 Å². The van der Waals surface area contributed by atoms with E-state index in [1.165, 1.54) is 0 Å². The molecule has 14 heavy (non-hydrogen) atoms. The molecule has 0 radical (unpaired) electrons. The third kappa shape index (κ3) is 2.87. The van der Waals surface area contributed by atoms with Gasteiger partial charge in [-0.1, -0.05) is 6.92 Å². The summed E-state index contributed by atoms with van der Waals surface area (Å²) >= 11 is 0. The monoisotopic (exact) mass is 196 g/mol. The number of carbonyl (C=O) groups is 1. The first-order valence-corrected chi connectivity index (χ1v) is 4.88. The zero-order valence-electron chi connectivity index (χ0n) is 8.66. The number of nitrogens with zero attached hydrogens (tertiary/aromatic N) is 2. The summed E-state index contributed by atoms with van der Waals surface area (Å²) in [6.07, 6.45) is 3.74. The standard InChI is InChI=1S/C10H16N2O2/c1-3-6-12-7-9(8(2)11-12)4-5-10(13)14/h7H,3-6H2,1-2H3,(H,13,14). The summed E-state index contributed by atoms with van der Waals surface area (Å²) in [6, 6.07) is 0. The van der Waals surface area contributed by atoms with Crippen molar-refractivity contribution in [2.75, 3.05) is 0 Å². The normalized spacial score (nSPS) is 10.4. The highest BCUT2D eigenvalue weighted by Gasteiger charge is 2.06. The van der Waals surface area contributed by atoms with Crippen molar-refractivity contribution >= 4 is 5.97 Å². The summed E-state index contributed by atoms with van der Waals surface area (Å²) in [4.78, 5) is 10.4. The van der Waals surface area contributed by atoms with E-state index in [1.807, 2.05) is 17.8 Å². The van der Waals surface area contributed by atoms with E-state index in [0.717, 1.165) is 24.2 Å². The molecule has 0 unspecified atom stereocenters. The van der Waals surface area contributed by atoms with Gasteiger partial charge in [-0.3, -0.25) is 9.48 Å². The third-order valence-electron chi connectivity index (χ3n) is 2.11. The SMILES string of the molecule is CCCn1cc(CCC(=O)O)c(C)n1. The van der Waals surface area contributed by atoms with Crippen molar-refractivity contribution in [1.29, 1.82) is 0 Å². The van der Waals surface area contributed by atoms with E-state index in [0.29, 0.717) is 6.42 Å². The molecule has 1 heterocycles. The fourth-order valence-electron chi connectivity index (χ4n) is 1.39. The quantitative estimate of drug-likeness (QED) is 0.778. The molecule has 0 spiro atoms. The predicted molar refractivity (Wildman–Crippen MR) is 53.2 cm³/mol. The predicted octanol–water partition coefficient (Wildman–Crippen LogP) is 1.62. The molecule has 0 saturated heterocycles. The van der Waals surface area contributed by atoms with Gasteiger partial charge < -0.3 is 5.11 Å². The Labute approximate surface area is 83.5 Å². The molecular formula is C10H16N2O2. The highest BCUT2D eigenvalue weighted by atomic mass is 16.4. The van der Waals surface area contributed by atoms with Gasteiger partial charge >= 0.3 is 5.97 Å². The third-order valence-corrected chi connectivity index (χ3v) is 2.11. The lowest BCUT2D eigenvalue weighted by atomic mass is 10.1. The molecule has 4 heteroatoms. The molecule has 1 aromatic heterocycles. The Kier molecular flexibility index (Phi) is 3.68. The molecule has 0 aliphatic heterocycles. The van der Waals surface area contributed by atoms with Crippen molar-refractivity contribution in [3.63, 3.8) is 0 Å². The minimum atomic E-state index is -0.757. The molecule has 1 aromatic rings. The van der Waals surface area contributed by atoms with Crippen molar-refractivity contribution in [3.8, 4) is 0 Å². The van der Waals surface area contributed by atoms with Gasteiger partial charge in [-0.05, 0) is 25.3 Å². The molecular weight excluding hydrogens is 180 g/mol. The van der Waals surface area contributed by atoms with Crippen LogP contribution in [0.4, 0.5) is 0 Å². The smallest absolute Gasteiger partial charge is 0.303 e. The summed E-state index contributed by atoms with van der Waals surface area (Å²) in [7, 11) is 0. The van der Waals surface area contributed by atoms with Gasteiger partial charge in [-0.15, -0.1) is 0 Å². The highest BCUT2D eigenvalue weighted by molar-refractivity contribution is 5.67. The highest BCUT2D eigenvalue weighted by Crippen LogP contribution is 2.08. The van der Waals surface area contributed by atoms with E-state index in [-0.39, 0.29) is 6.42 Å². The van der Waals surface area contributed by atoms with E-state index in [9.17, 15) is 4.79 Å². The molecule has 78 valence electrons. The van der Waals surface area contributed by atoms with Crippen molar-refractivity contribution in [2.24, 2.45) is 0 Å². The van der Waals surface area contributed by atoms with Crippen LogP contribution in [-0.2, 0) is 17.8 Å². The Morgan fingerprint density at radius 2 is 2.36 bits per heavy atom. The van der Waals surface area contributed by atoms with Crippen LogP contribution in [0, 0.1) is 6.92 Å². The molecule has 0 fully saturated rings. The molecule has 0 saturated carbocycles. The fraction of sp³-hybridized carbons (Fsp3) is 0.600. The number of carboxylic acid groups (broad SMARTS) is 1. The minimum Gasteiger partial charge on any atom is -0.481 e. The molecule has 4 nitrogen and oxygen atoms in total. The summed E-state index contributed by atoms with van der Waals surface area (Å²) in [6.45, 7) is 4.91. The first-order chi connectivity index (χ1) is 6.63. The number of carboxylic acids is 1. The maximum atomic E-state index is 10.4. The van der Waals surface area contributed by atoms with Crippen LogP contribution in [0.25, 0.3) is 0 Å². The van der Waals surface area contributed by atoms with Gasteiger partial charge in [0, 0.05) is 19.2 Å². The van der Waals surface area contributed by atoms with Crippen LogP contribution in [-0.4, -0.2) is 20.9 Å². The molecule has 0 aromatic carbocycles. The lowest BCUT2D eigenvalue weighted by molar-refractivity contribution is -0.136. The number of aliphatic carboxylic acids is 1. The number of hydrogen-bond acceptors (Lipinski definition) is 2. The van der Waals surface area contributed by atoms with Crippen molar-refractivity contribution in [2.45, 2.75) is 39.7 Å². The topological polar surface area (TPSA) is 55.1 Å². The van der Waals surface area contributed by atoms with Gasteiger partial charge in [0.1, 0.15) is 0 Å². The van der Waals surface area contributed by atoms with E-state index < -0.39 is 5.97 Å². The maximum Gasteiger partial charge on any atom is 0.303 e. The number of hydrogen-bond donors (Lipinski definition) is 1. The van der Waals surface area contributed by atoms with Crippen LogP contribution in [0.1, 0.15) is 31.0 Å². The lowest BCUT2D eigenvalue weighted by Gasteiger charge is -1.94. The summed E-state index contributed by atoms with van der Waals surface area (Å²) < 4.78 is 1.88. The van der Waals surface area contributed by atoms with E-state index in [1.54, 1.807) is 0 Å². The molecule has 0 atom stereocenters. The van der Waals surface area contributed by atoms with Crippen molar-refractivity contribution < 1.29 is 9.90 Å². The maximum absolute atomic E-state index is 10.4. The van der Waals surface area contributed by atoms with E-state index >= 15 is 0 Å². The first-order valence-electron chi connectivity index (χ1n) is 4.88. The largest absolute Gasteiger partial charge is 0.481 e. The number of rotatable bonds is 5. The average Bonchev–Trinajstić information content (AvgIpc) is 2.44. The molecule has 0 aliphatic rings. The Balaban J connectivity index is 2.62. The van der Waals surface area contributed by atoms with Crippen LogP contribution in [0.15, 0.2) is 6.20 Å². The van der Waals surface area contributed by atoms with Gasteiger partial charge in [-0.25, -0.2) is 0 Å². The Hall–Kier alpha value is -1.32. The van der Waals surface area contributed by atoms with Crippen LogP contribution in [0.3, 0.4) is 0 Å². The van der Waals surface area contributed by atoms with Gasteiger partial charge in [0.2, 0.25) is 0 Å². The fourth-order valence-corrected chi connectivity index (χ4v) is 1.39. The van der Waals surface area contributed by atoms with E-state index in [4.69, 9.17) is 5.11 Å². The van der Waals surface area contributed by atoms with Crippen LogP contribution in [0.5, 0.6) is 0 Å². The second-order valence-corrected chi connectivity index (χ2v) is 3.40. The second kappa shape index (κ2) is 4.79. The Bertz CT molecular complexity index is 318. The molecule has 1 rings (SSSR count). The molecule has 0 amide bonds.